The van der Waals surface area contributed by atoms with Crippen LogP contribution in [-0.4, -0.2) is 17.8 Å². The van der Waals surface area contributed by atoms with Gasteiger partial charge in [0.25, 0.3) is 0 Å². The molecule has 1 aromatic carbocycles. The van der Waals surface area contributed by atoms with Crippen molar-refractivity contribution < 1.29 is 14.3 Å². The molecule has 0 unspecified atom stereocenters. The highest BCUT2D eigenvalue weighted by Gasteiger charge is 2.07. The molecule has 1 N–H and O–H groups in total. The summed E-state index contributed by atoms with van der Waals surface area (Å²) in [6.45, 7) is 0.483. The number of hydrogen-bond acceptors (Lipinski definition) is 4. The second kappa shape index (κ2) is 6.34. The van der Waals surface area contributed by atoms with Gasteiger partial charge < -0.3 is 9.47 Å². The lowest BCUT2D eigenvalue weighted by Gasteiger charge is -2.18. The maximum Gasteiger partial charge on any atom is 0.426 e. The molecule has 2 rings (SSSR count). The summed E-state index contributed by atoms with van der Waals surface area (Å²) in [6.07, 6.45) is 6.20. The normalized spacial score (nSPS) is 13.7. The molecule has 1 heterocycles. The van der Waals surface area contributed by atoms with Crippen molar-refractivity contribution in [1.29, 1.82) is 0 Å². The van der Waals surface area contributed by atoms with E-state index in [9.17, 15) is 4.79 Å². The van der Waals surface area contributed by atoms with Crippen LogP contribution in [0, 0.1) is 0 Å². The van der Waals surface area contributed by atoms with Gasteiger partial charge in [0.1, 0.15) is 6.61 Å². The number of rotatable bonds is 3. The van der Waals surface area contributed by atoms with E-state index in [1.807, 2.05) is 30.3 Å². The van der Waals surface area contributed by atoms with Crippen LogP contribution in [0.4, 0.5) is 4.79 Å². The minimum atomic E-state index is -0.519. The van der Waals surface area contributed by atoms with Crippen molar-refractivity contribution in [3.05, 3.63) is 60.5 Å². The first kappa shape index (κ1) is 12.0. The Labute approximate surface area is 105 Å². The van der Waals surface area contributed by atoms with Crippen LogP contribution >= 0.6 is 0 Å². The van der Waals surface area contributed by atoms with Crippen molar-refractivity contribution in [2.45, 2.75) is 6.61 Å². The molecule has 1 aliphatic heterocycles. The van der Waals surface area contributed by atoms with E-state index in [0.717, 1.165) is 5.56 Å². The van der Waals surface area contributed by atoms with E-state index in [0.29, 0.717) is 0 Å². The smallest absolute Gasteiger partial charge is 0.426 e. The molecule has 0 aromatic heterocycles. The molecular weight excluding hydrogens is 232 g/mol. The first-order valence-corrected chi connectivity index (χ1v) is 5.53. The fraction of sp³-hybridized carbons (Fsp3) is 0.154. The number of ether oxygens (including phenoxy) is 2. The minimum absolute atomic E-state index is 0.239. The van der Waals surface area contributed by atoms with Gasteiger partial charge in [-0.2, -0.15) is 0 Å². The lowest BCUT2D eigenvalue weighted by Crippen LogP contribution is -2.39. The molecule has 94 valence electrons. The third-order valence-corrected chi connectivity index (χ3v) is 2.21. The van der Waals surface area contributed by atoms with Gasteiger partial charge in [-0.1, -0.05) is 30.3 Å². The van der Waals surface area contributed by atoms with Gasteiger partial charge >= 0.3 is 6.09 Å². The minimum Gasteiger partial charge on any atom is -0.479 e. The number of allylic oxidation sites excluding steroid dienone is 2. The molecule has 18 heavy (non-hydrogen) atoms. The van der Waals surface area contributed by atoms with Crippen molar-refractivity contribution in [3.63, 3.8) is 0 Å². The van der Waals surface area contributed by atoms with E-state index in [-0.39, 0.29) is 13.3 Å². The zero-order chi connectivity index (χ0) is 12.6. The van der Waals surface area contributed by atoms with Crippen LogP contribution in [-0.2, 0) is 16.1 Å². The largest absolute Gasteiger partial charge is 0.479 e. The monoisotopic (exact) mass is 246 g/mol. The van der Waals surface area contributed by atoms with Crippen LogP contribution < -0.4 is 5.43 Å². The Morgan fingerprint density at radius 1 is 1.33 bits per heavy atom. The molecule has 1 amide bonds. The molecule has 1 aromatic rings. The molecule has 0 atom stereocenters. The maximum atomic E-state index is 11.5. The summed E-state index contributed by atoms with van der Waals surface area (Å²) < 4.78 is 10.2. The first-order chi connectivity index (χ1) is 8.84. The van der Waals surface area contributed by atoms with Crippen LogP contribution in [0.2, 0.25) is 0 Å². The Balaban J connectivity index is 1.75. The van der Waals surface area contributed by atoms with Crippen LogP contribution in [0.25, 0.3) is 0 Å². The van der Waals surface area contributed by atoms with Gasteiger partial charge in [-0.05, 0) is 17.7 Å². The summed E-state index contributed by atoms with van der Waals surface area (Å²) in [4.78, 5) is 11.5. The van der Waals surface area contributed by atoms with Gasteiger partial charge in [-0.3, -0.25) is 5.01 Å². The lowest BCUT2D eigenvalue weighted by atomic mass is 10.2. The number of carbonyl (C=O) groups excluding carboxylic acids is 1. The third kappa shape index (κ3) is 3.86. The first-order valence-electron chi connectivity index (χ1n) is 5.53. The van der Waals surface area contributed by atoms with Gasteiger partial charge in [0.2, 0.25) is 0 Å². The summed E-state index contributed by atoms with van der Waals surface area (Å²) in [5.41, 5.74) is 3.49. The third-order valence-electron chi connectivity index (χ3n) is 2.21. The Bertz CT molecular complexity index is 443. The Kier molecular flexibility index (Phi) is 4.24. The molecule has 0 bridgehead atoms. The van der Waals surface area contributed by atoms with E-state index in [4.69, 9.17) is 9.47 Å². The second-order valence-electron chi connectivity index (χ2n) is 3.61. The zero-order valence-corrected chi connectivity index (χ0v) is 9.78. The van der Waals surface area contributed by atoms with Crippen molar-refractivity contribution >= 4 is 6.09 Å². The molecule has 0 radical (unpaired) electrons. The molecule has 0 saturated carbocycles. The molecule has 0 spiro atoms. The molecule has 5 heteroatoms. The van der Waals surface area contributed by atoms with Crippen molar-refractivity contribution in [3.8, 4) is 0 Å². The SMILES string of the molecule is O=C(NN1C=CC=COC1)OCc1ccccc1. The number of nitrogens with zero attached hydrogens (tertiary/aromatic N) is 1. The highest BCUT2D eigenvalue weighted by molar-refractivity contribution is 5.66. The van der Waals surface area contributed by atoms with Gasteiger partial charge in [-0.15, -0.1) is 0 Å². The van der Waals surface area contributed by atoms with E-state index >= 15 is 0 Å². The van der Waals surface area contributed by atoms with E-state index in [1.165, 1.54) is 5.01 Å². The summed E-state index contributed by atoms with van der Waals surface area (Å²) in [7, 11) is 0. The van der Waals surface area contributed by atoms with E-state index in [1.54, 1.807) is 24.6 Å². The van der Waals surface area contributed by atoms with E-state index in [2.05, 4.69) is 5.43 Å². The average Bonchev–Trinajstić information content (AvgIpc) is 2.66. The van der Waals surface area contributed by atoms with Gasteiger partial charge in [0.05, 0.1) is 6.26 Å². The topological polar surface area (TPSA) is 50.8 Å². The predicted molar refractivity (Wildman–Crippen MR) is 65.8 cm³/mol. The number of hydrazine groups is 1. The predicted octanol–water partition coefficient (Wildman–Crippen LogP) is 2.14. The van der Waals surface area contributed by atoms with Crippen molar-refractivity contribution in [1.82, 2.24) is 10.4 Å². The van der Waals surface area contributed by atoms with Crippen molar-refractivity contribution in [2.24, 2.45) is 0 Å². The second-order valence-corrected chi connectivity index (χ2v) is 3.61. The van der Waals surface area contributed by atoms with Crippen LogP contribution in [0.5, 0.6) is 0 Å². The van der Waals surface area contributed by atoms with Crippen LogP contribution in [0.1, 0.15) is 5.56 Å². The molecule has 0 aliphatic carbocycles. The van der Waals surface area contributed by atoms with Gasteiger partial charge in [-0.25, -0.2) is 10.2 Å². The number of carbonyl (C=O) groups is 1. The summed E-state index contributed by atoms with van der Waals surface area (Å²) in [5, 5.41) is 1.49. The van der Waals surface area contributed by atoms with Crippen molar-refractivity contribution in [2.75, 3.05) is 6.73 Å². The summed E-state index contributed by atoms with van der Waals surface area (Å²) >= 11 is 0. The Morgan fingerprint density at radius 2 is 2.17 bits per heavy atom. The summed E-state index contributed by atoms with van der Waals surface area (Å²) in [5.74, 6) is 0. The zero-order valence-electron chi connectivity index (χ0n) is 9.78. The fourth-order valence-corrected chi connectivity index (χ4v) is 1.36. The van der Waals surface area contributed by atoms with Crippen LogP contribution in [0.3, 0.4) is 0 Å². The Hall–Kier alpha value is -2.43. The molecular formula is C13H14N2O3. The number of benzene rings is 1. The van der Waals surface area contributed by atoms with E-state index < -0.39 is 6.09 Å². The maximum absolute atomic E-state index is 11.5. The number of nitrogens with one attached hydrogen (secondary N) is 1. The fourth-order valence-electron chi connectivity index (χ4n) is 1.36. The quantitative estimate of drug-likeness (QED) is 0.887. The molecule has 0 saturated heterocycles. The standard InChI is InChI=1S/C13H14N2O3/c16-13(14-15-8-4-5-9-17-11-15)18-10-12-6-2-1-3-7-12/h1-9H,10-11H2,(H,14,16). The highest BCUT2D eigenvalue weighted by Crippen LogP contribution is 2.01. The Morgan fingerprint density at radius 3 is 3.00 bits per heavy atom. The number of amides is 1. The van der Waals surface area contributed by atoms with Gasteiger partial charge in [0.15, 0.2) is 6.73 Å². The summed E-state index contributed by atoms with van der Waals surface area (Å²) in [6, 6.07) is 9.50. The highest BCUT2D eigenvalue weighted by atomic mass is 16.6. The molecule has 1 aliphatic rings. The van der Waals surface area contributed by atoms with Crippen LogP contribution in [0.15, 0.2) is 54.9 Å². The molecule has 5 nitrogen and oxygen atoms in total. The van der Waals surface area contributed by atoms with Gasteiger partial charge in [0, 0.05) is 6.20 Å². The lowest BCUT2D eigenvalue weighted by molar-refractivity contribution is 0.0697. The molecule has 0 fully saturated rings. The number of hydrogen-bond donors (Lipinski definition) is 1. The average molecular weight is 246 g/mol.